The third kappa shape index (κ3) is 22.5. The maximum Gasteiger partial charge on any atom is 1.00 e. The van der Waals surface area contributed by atoms with E-state index in [1.165, 1.54) is 83.5 Å². The first-order chi connectivity index (χ1) is 12.6. The van der Waals surface area contributed by atoms with E-state index in [9.17, 15) is 9.59 Å². The molecule has 0 aromatic heterocycles. The molecule has 0 aliphatic heterocycles. The predicted molar refractivity (Wildman–Crippen MR) is 109 cm³/mol. The van der Waals surface area contributed by atoms with Gasteiger partial charge in [0.1, 0.15) is 0 Å². The van der Waals surface area contributed by atoms with Gasteiger partial charge in [0.2, 0.25) is 0 Å². The summed E-state index contributed by atoms with van der Waals surface area (Å²) < 4.78 is 0. The third-order valence-corrected chi connectivity index (χ3v) is 4.87. The molecule has 0 saturated carbocycles. The molecule has 0 atom stereocenters. The summed E-state index contributed by atoms with van der Waals surface area (Å²) in [5.74, 6) is -2.30. The van der Waals surface area contributed by atoms with Gasteiger partial charge in [0, 0.05) is 11.6 Å². The Morgan fingerprint density at radius 1 is 0.667 bits per heavy atom. The zero-order chi connectivity index (χ0) is 19.5. The first kappa shape index (κ1) is 29.5. The van der Waals surface area contributed by atoms with Crippen LogP contribution in [0, 0.1) is 0 Å². The molecule has 0 fully saturated rings. The van der Waals surface area contributed by atoms with E-state index in [0.29, 0.717) is 6.42 Å². The minimum Gasteiger partial charge on any atom is -1.00 e. The van der Waals surface area contributed by atoms with Crippen LogP contribution in [0.25, 0.3) is 0 Å². The number of rotatable bonds is 19. The van der Waals surface area contributed by atoms with Gasteiger partial charge in [-0.15, -0.1) is 0 Å². The monoisotopic (exact) mass is 408 g/mol. The predicted octanol–water partition coefficient (Wildman–Crippen LogP) is 3.85. The summed E-state index contributed by atoms with van der Waals surface area (Å²) in [6.45, 7) is 2.26. The number of carboxylic acid groups (broad SMARTS) is 2. The number of carboxylic acids is 2. The van der Waals surface area contributed by atoms with E-state index >= 15 is 0 Å². The van der Waals surface area contributed by atoms with Crippen LogP contribution in [-0.4, -0.2) is 22.2 Å². The van der Waals surface area contributed by atoms with Crippen molar-refractivity contribution >= 4 is 11.9 Å². The van der Waals surface area contributed by atoms with Gasteiger partial charge in [0.25, 0.3) is 0 Å². The van der Waals surface area contributed by atoms with Crippen molar-refractivity contribution in [3.63, 3.8) is 0 Å². The van der Waals surface area contributed by atoms with Crippen molar-refractivity contribution in [2.75, 3.05) is 0 Å². The molecule has 27 heavy (non-hydrogen) atoms. The van der Waals surface area contributed by atoms with Gasteiger partial charge in [-0.2, -0.15) is 0 Å². The molecule has 0 aliphatic rings. The minimum absolute atomic E-state index is 0. The van der Waals surface area contributed by atoms with E-state index in [4.69, 9.17) is 10.2 Å². The Balaban J connectivity index is -0.00000312. The minimum atomic E-state index is -1.18. The van der Waals surface area contributed by atoms with E-state index in [1.807, 2.05) is 0 Å². The standard InChI is InChI=1S/C22H40O4.K.H/c1-2-3-4-5-6-7-8-9-10-11-12-13-14-15-16-17-18-20(22(25)26)19-21(23)24;;/h19H,2-18H2,1H3,(H,23,24)(H,25,26);;/q;+1;-1. The second-order valence-corrected chi connectivity index (χ2v) is 7.37. The number of hydrogen-bond donors (Lipinski definition) is 2. The van der Waals surface area contributed by atoms with Gasteiger partial charge in [0.05, 0.1) is 0 Å². The normalized spacial score (nSPS) is 11.2. The van der Waals surface area contributed by atoms with Gasteiger partial charge in [-0.3, -0.25) is 0 Å². The van der Waals surface area contributed by atoms with Gasteiger partial charge < -0.3 is 11.6 Å². The summed E-state index contributed by atoms with van der Waals surface area (Å²) in [5, 5.41) is 17.5. The van der Waals surface area contributed by atoms with Crippen LogP contribution in [0.1, 0.15) is 118 Å². The molecule has 0 aromatic carbocycles. The van der Waals surface area contributed by atoms with Crippen molar-refractivity contribution in [1.82, 2.24) is 0 Å². The van der Waals surface area contributed by atoms with Gasteiger partial charge in [0.15, 0.2) is 0 Å². The average Bonchev–Trinajstić information content (AvgIpc) is 2.59. The summed E-state index contributed by atoms with van der Waals surface area (Å²) in [5.41, 5.74) is 0.00265. The topological polar surface area (TPSA) is 74.6 Å². The van der Waals surface area contributed by atoms with Crippen molar-refractivity contribution < 1.29 is 72.6 Å². The van der Waals surface area contributed by atoms with E-state index in [-0.39, 0.29) is 58.4 Å². The molecule has 154 valence electrons. The number of aliphatic carboxylic acids is 2. The first-order valence-corrected chi connectivity index (χ1v) is 10.7. The molecule has 0 heterocycles. The van der Waals surface area contributed by atoms with Crippen LogP contribution in [-0.2, 0) is 9.59 Å². The molecule has 4 nitrogen and oxygen atoms in total. The van der Waals surface area contributed by atoms with Gasteiger partial charge >= 0.3 is 63.3 Å². The quantitative estimate of drug-likeness (QED) is 0.193. The van der Waals surface area contributed by atoms with Crippen LogP contribution < -0.4 is 51.4 Å². The van der Waals surface area contributed by atoms with Gasteiger partial charge in [-0.25, -0.2) is 9.59 Å². The summed E-state index contributed by atoms with van der Waals surface area (Å²) >= 11 is 0. The van der Waals surface area contributed by atoms with E-state index < -0.39 is 11.9 Å². The zero-order valence-corrected chi connectivity index (χ0v) is 20.9. The molecule has 0 aromatic rings. The van der Waals surface area contributed by atoms with Crippen LogP contribution in [0.2, 0.25) is 0 Å². The van der Waals surface area contributed by atoms with E-state index in [0.717, 1.165) is 25.3 Å². The average molecular weight is 409 g/mol. The molecular weight excluding hydrogens is 367 g/mol. The number of carbonyl (C=O) groups is 2. The maximum absolute atomic E-state index is 10.9. The molecule has 0 saturated heterocycles. The Morgan fingerprint density at radius 3 is 1.30 bits per heavy atom. The molecule has 0 bridgehead atoms. The summed E-state index contributed by atoms with van der Waals surface area (Å²) in [4.78, 5) is 21.4. The third-order valence-electron chi connectivity index (χ3n) is 4.87. The molecule has 0 spiro atoms. The van der Waals surface area contributed by atoms with E-state index in [2.05, 4.69) is 6.92 Å². The first-order valence-electron chi connectivity index (χ1n) is 10.7. The van der Waals surface area contributed by atoms with Crippen molar-refractivity contribution in [2.24, 2.45) is 0 Å². The molecule has 0 rings (SSSR count). The molecular formula is C22H41KO4. The summed E-state index contributed by atoms with van der Waals surface area (Å²) in [6.07, 6.45) is 21.6. The van der Waals surface area contributed by atoms with Crippen molar-refractivity contribution in [3.05, 3.63) is 11.6 Å². The molecule has 0 aliphatic carbocycles. The second-order valence-electron chi connectivity index (χ2n) is 7.37. The maximum atomic E-state index is 10.9. The van der Waals surface area contributed by atoms with Crippen molar-refractivity contribution in [1.29, 1.82) is 0 Å². The van der Waals surface area contributed by atoms with Gasteiger partial charge in [-0.05, 0) is 12.8 Å². The number of unbranched alkanes of at least 4 members (excludes halogenated alkanes) is 15. The molecule has 2 N–H and O–H groups in total. The molecule has 5 heteroatoms. The SMILES string of the molecule is CCCCCCCCCCCCCCCCCCC(=CC(=O)O)C(=O)O.[H-].[K+]. The fourth-order valence-electron chi connectivity index (χ4n) is 3.25. The Labute approximate surface area is 210 Å². The second kappa shape index (κ2) is 22.6. The molecule has 0 amide bonds. The molecule has 0 unspecified atom stereocenters. The fraction of sp³-hybridized carbons (Fsp3) is 0.818. The molecule has 0 radical (unpaired) electrons. The van der Waals surface area contributed by atoms with Crippen LogP contribution in [0.4, 0.5) is 0 Å². The Hall–Kier alpha value is 0.316. The Kier molecular flexibility index (Phi) is 24.7. The summed E-state index contributed by atoms with van der Waals surface area (Å²) in [7, 11) is 0. The summed E-state index contributed by atoms with van der Waals surface area (Å²) in [6, 6.07) is 0. The van der Waals surface area contributed by atoms with Gasteiger partial charge in [-0.1, -0.05) is 103 Å². The van der Waals surface area contributed by atoms with Crippen LogP contribution >= 0.6 is 0 Å². The smallest absolute Gasteiger partial charge is 1.00 e. The largest absolute Gasteiger partial charge is 1.00 e. The van der Waals surface area contributed by atoms with E-state index in [1.54, 1.807) is 0 Å². The van der Waals surface area contributed by atoms with Crippen LogP contribution in [0.3, 0.4) is 0 Å². The Bertz CT molecular complexity index is 400. The number of hydrogen-bond acceptors (Lipinski definition) is 2. The van der Waals surface area contributed by atoms with Crippen LogP contribution in [0.15, 0.2) is 11.6 Å². The zero-order valence-electron chi connectivity index (χ0n) is 18.8. The van der Waals surface area contributed by atoms with Crippen molar-refractivity contribution in [2.45, 2.75) is 116 Å². The fourth-order valence-corrected chi connectivity index (χ4v) is 3.25. The van der Waals surface area contributed by atoms with Crippen molar-refractivity contribution in [3.8, 4) is 0 Å². The van der Waals surface area contributed by atoms with Crippen LogP contribution in [0.5, 0.6) is 0 Å². The Morgan fingerprint density at radius 2 is 1.00 bits per heavy atom.